The number of pyridine rings is 1. The zero-order valence-corrected chi connectivity index (χ0v) is 8.14. The van der Waals surface area contributed by atoms with Crippen LogP contribution in [-0.2, 0) is 7.05 Å². The fourth-order valence-corrected chi connectivity index (χ4v) is 1.50. The fourth-order valence-electron chi connectivity index (χ4n) is 1.50. The van der Waals surface area contributed by atoms with Crippen LogP contribution >= 0.6 is 0 Å². The van der Waals surface area contributed by atoms with Gasteiger partial charge < -0.3 is 15.0 Å². The summed E-state index contributed by atoms with van der Waals surface area (Å²) in [6.45, 7) is 0. The molecule has 1 saturated carbocycles. The van der Waals surface area contributed by atoms with Crippen molar-refractivity contribution < 1.29 is 4.74 Å². The smallest absolute Gasteiger partial charge is 0.253 e. The van der Waals surface area contributed by atoms with Crippen LogP contribution in [0.2, 0.25) is 0 Å². The van der Waals surface area contributed by atoms with Crippen LogP contribution in [0.4, 0.5) is 0 Å². The Morgan fingerprint density at radius 3 is 2.86 bits per heavy atom. The molecule has 0 aliphatic heterocycles. The van der Waals surface area contributed by atoms with Gasteiger partial charge in [-0.05, 0) is 18.9 Å². The minimum atomic E-state index is -0.0499. The number of hydrogen-bond donors (Lipinski definition) is 1. The molecule has 14 heavy (non-hydrogen) atoms. The van der Waals surface area contributed by atoms with Gasteiger partial charge in [-0.1, -0.05) is 0 Å². The average Bonchev–Trinajstić information content (AvgIpc) is 2.09. The zero-order valence-electron chi connectivity index (χ0n) is 8.14. The summed E-state index contributed by atoms with van der Waals surface area (Å²) in [7, 11) is 1.71. The highest BCUT2D eigenvalue weighted by Crippen LogP contribution is 2.23. The van der Waals surface area contributed by atoms with E-state index in [1.54, 1.807) is 19.3 Å². The molecular formula is C10H14N2O2. The number of nitrogens with zero attached hydrogens (tertiary/aromatic N) is 1. The van der Waals surface area contributed by atoms with Crippen molar-refractivity contribution in [2.24, 2.45) is 12.8 Å². The molecule has 1 aromatic rings. The Bertz CT molecular complexity index is 380. The molecule has 2 N–H and O–H groups in total. The first-order valence-electron chi connectivity index (χ1n) is 4.74. The molecule has 4 nitrogen and oxygen atoms in total. The van der Waals surface area contributed by atoms with Crippen molar-refractivity contribution in [3.63, 3.8) is 0 Å². The van der Waals surface area contributed by atoms with Gasteiger partial charge in [0.1, 0.15) is 11.9 Å². The molecular weight excluding hydrogens is 180 g/mol. The van der Waals surface area contributed by atoms with Crippen LogP contribution in [0.25, 0.3) is 0 Å². The van der Waals surface area contributed by atoms with Gasteiger partial charge in [-0.25, -0.2) is 0 Å². The molecule has 4 heteroatoms. The number of nitrogens with two attached hydrogens (primary N) is 1. The summed E-state index contributed by atoms with van der Waals surface area (Å²) in [4.78, 5) is 11.3. The summed E-state index contributed by atoms with van der Waals surface area (Å²) >= 11 is 0. The predicted molar refractivity (Wildman–Crippen MR) is 53.3 cm³/mol. The maximum absolute atomic E-state index is 11.3. The summed E-state index contributed by atoms with van der Waals surface area (Å²) in [5, 5.41) is 0. The lowest BCUT2D eigenvalue weighted by Crippen LogP contribution is -2.43. The second kappa shape index (κ2) is 3.46. The standard InChI is InChI=1S/C10H14N2O2/c1-12-3-2-8(6-10(12)13)14-9-4-7(11)5-9/h2-3,6-7,9H,4-5,11H2,1H3. The van der Waals surface area contributed by atoms with Crippen molar-refractivity contribution in [1.29, 1.82) is 0 Å². The van der Waals surface area contributed by atoms with E-state index in [0.717, 1.165) is 12.8 Å². The Kier molecular flexibility index (Phi) is 2.29. The molecule has 1 aliphatic carbocycles. The maximum atomic E-state index is 11.3. The first-order valence-corrected chi connectivity index (χ1v) is 4.74. The Balaban J connectivity index is 2.03. The van der Waals surface area contributed by atoms with Gasteiger partial charge >= 0.3 is 0 Å². The Morgan fingerprint density at radius 1 is 1.57 bits per heavy atom. The Hall–Kier alpha value is -1.29. The second-order valence-electron chi connectivity index (χ2n) is 3.78. The third-order valence-corrected chi connectivity index (χ3v) is 2.51. The number of aryl methyl sites for hydroxylation is 1. The first kappa shape index (κ1) is 9.27. The molecule has 0 atom stereocenters. The predicted octanol–water partition coefficient (Wildman–Crippen LogP) is 0.254. The van der Waals surface area contributed by atoms with Crippen molar-refractivity contribution in [2.75, 3.05) is 0 Å². The van der Waals surface area contributed by atoms with Crippen LogP contribution in [0.15, 0.2) is 23.1 Å². The molecule has 1 aliphatic rings. The van der Waals surface area contributed by atoms with Crippen LogP contribution < -0.4 is 16.0 Å². The summed E-state index contributed by atoms with van der Waals surface area (Å²) in [5.74, 6) is 0.644. The van der Waals surface area contributed by atoms with Crippen molar-refractivity contribution in [3.05, 3.63) is 28.7 Å². The van der Waals surface area contributed by atoms with Crippen molar-refractivity contribution >= 4 is 0 Å². The Morgan fingerprint density at radius 2 is 2.29 bits per heavy atom. The lowest BCUT2D eigenvalue weighted by atomic mass is 9.90. The molecule has 76 valence electrons. The molecule has 1 heterocycles. The van der Waals surface area contributed by atoms with E-state index in [0.29, 0.717) is 5.75 Å². The quantitative estimate of drug-likeness (QED) is 0.734. The van der Waals surface area contributed by atoms with E-state index in [4.69, 9.17) is 10.5 Å². The van der Waals surface area contributed by atoms with Crippen LogP contribution in [0.3, 0.4) is 0 Å². The third kappa shape index (κ3) is 1.80. The highest BCUT2D eigenvalue weighted by atomic mass is 16.5. The van der Waals surface area contributed by atoms with Gasteiger partial charge in [0.15, 0.2) is 0 Å². The molecule has 0 radical (unpaired) electrons. The molecule has 1 fully saturated rings. The summed E-state index contributed by atoms with van der Waals surface area (Å²) in [5.41, 5.74) is 5.58. The maximum Gasteiger partial charge on any atom is 0.253 e. The molecule has 0 unspecified atom stereocenters. The SMILES string of the molecule is Cn1ccc(OC2CC(N)C2)cc1=O. The van der Waals surface area contributed by atoms with E-state index in [1.165, 1.54) is 10.6 Å². The van der Waals surface area contributed by atoms with Crippen LogP contribution in [0.5, 0.6) is 5.75 Å². The molecule has 1 aromatic heterocycles. The molecule has 2 rings (SSSR count). The van der Waals surface area contributed by atoms with Crippen LogP contribution in [0.1, 0.15) is 12.8 Å². The monoisotopic (exact) mass is 194 g/mol. The highest BCUT2D eigenvalue weighted by molar-refractivity contribution is 5.18. The average molecular weight is 194 g/mol. The van der Waals surface area contributed by atoms with Gasteiger partial charge in [0.25, 0.3) is 5.56 Å². The lowest BCUT2D eigenvalue weighted by Gasteiger charge is -2.32. The highest BCUT2D eigenvalue weighted by Gasteiger charge is 2.27. The van der Waals surface area contributed by atoms with Gasteiger partial charge in [-0.15, -0.1) is 0 Å². The molecule has 0 aromatic carbocycles. The minimum absolute atomic E-state index is 0.0499. The zero-order chi connectivity index (χ0) is 10.1. The summed E-state index contributed by atoms with van der Waals surface area (Å²) < 4.78 is 7.08. The minimum Gasteiger partial charge on any atom is -0.490 e. The van der Waals surface area contributed by atoms with E-state index >= 15 is 0 Å². The van der Waals surface area contributed by atoms with E-state index in [1.807, 2.05) is 0 Å². The number of ether oxygens (including phenoxy) is 1. The molecule has 0 saturated heterocycles. The number of aromatic nitrogens is 1. The van der Waals surface area contributed by atoms with E-state index in [9.17, 15) is 4.79 Å². The lowest BCUT2D eigenvalue weighted by molar-refractivity contribution is 0.101. The number of rotatable bonds is 2. The van der Waals surface area contributed by atoms with Gasteiger partial charge in [0.2, 0.25) is 0 Å². The van der Waals surface area contributed by atoms with Crippen LogP contribution in [0, 0.1) is 0 Å². The molecule has 0 bridgehead atoms. The summed E-state index contributed by atoms with van der Waals surface area (Å²) in [6, 6.07) is 3.57. The van der Waals surface area contributed by atoms with Crippen LogP contribution in [-0.4, -0.2) is 16.7 Å². The molecule has 0 amide bonds. The van der Waals surface area contributed by atoms with Crippen molar-refractivity contribution in [2.45, 2.75) is 25.0 Å². The van der Waals surface area contributed by atoms with Gasteiger partial charge in [-0.2, -0.15) is 0 Å². The van der Waals surface area contributed by atoms with Gasteiger partial charge in [0, 0.05) is 25.4 Å². The van der Waals surface area contributed by atoms with E-state index in [-0.39, 0.29) is 17.7 Å². The number of hydrogen-bond acceptors (Lipinski definition) is 3. The van der Waals surface area contributed by atoms with E-state index in [2.05, 4.69) is 0 Å². The third-order valence-electron chi connectivity index (χ3n) is 2.51. The normalized spacial score (nSPS) is 25.6. The Labute approximate surface area is 82.3 Å². The van der Waals surface area contributed by atoms with Crippen molar-refractivity contribution in [3.8, 4) is 5.75 Å². The van der Waals surface area contributed by atoms with Gasteiger partial charge in [-0.3, -0.25) is 4.79 Å². The van der Waals surface area contributed by atoms with Crippen molar-refractivity contribution in [1.82, 2.24) is 4.57 Å². The summed E-state index contributed by atoms with van der Waals surface area (Å²) in [6.07, 6.45) is 3.66. The van der Waals surface area contributed by atoms with Gasteiger partial charge in [0.05, 0.1) is 0 Å². The topological polar surface area (TPSA) is 57.2 Å². The molecule has 0 spiro atoms. The largest absolute Gasteiger partial charge is 0.490 e. The van der Waals surface area contributed by atoms with E-state index < -0.39 is 0 Å². The first-order chi connectivity index (χ1) is 6.65. The fraction of sp³-hybridized carbons (Fsp3) is 0.500. The second-order valence-corrected chi connectivity index (χ2v) is 3.78.